The van der Waals surface area contributed by atoms with Crippen molar-refractivity contribution in [3.63, 3.8) is 0 Å². The van der Waals surface area contributed by atoms with Gasteiger partial charge in [0.15, 0.2) is 0 Å². The van der Waals surface area contributed by atoms with Crippen molar-refractivity contribution in [2.24, 2.45) is 14.1 Å². The molecule has 3 heterocycles. The summed E-state index contributed by atoms with van der Waals surface area (Å²) in [6, 6.07) is 13.3. The molecule has 3 aromatic carbocycles. The quantitative estimate of drug-likeness (QED) is 0.339. The van der Waals surface area contributed by atoms with E-state index in [2.05, 4.69) is 9.71 Å². The minimum Gasteiger partial charge on any atom is -0.360 e. The van der Waals surface area contributed by atoms with Crippen LogP contribution < -0.4 is 10.4 Å². The van der Waals surface area contributed by atoms with Gasteiger partial charge in [0.1, 0.15) is 5.82 Å². The van der Waals surface area contributed by atoms with Crippen LogP contribution in [-0.2, 0) is 30.3 Å². The predicted octanol–water partition coefficient (Wildman–Crippen LogP) is 4.29. The fraction of sp³-hybridized carbons (Fsp3) is 0.154. The fourth-order valence-corrected chi connectivity index (χ4v) is 5.65. The number of aryl methyl sites for hydroxylation is 2. The van der Waals surface area contributed by atoms with Crippen molar-refractivity contribution < 1.29 is 21.6 Å². The van der Waals surface area contributed by atoms with E-state index in [1.165, 1.54) is 34.4 Å². The summed E-state index contributed by atoms with van der Waals surface area (Å²) in [6.07, 6.45) is -2.92. The average molecular weight is 555 g/mol. The van der Waals surface area contributed by atoms with Crippen LogP contribution in [0.5, 0.6) is 0 Å². The van der Waals surface area contributed by atoms with Crippen molar-refractivity contribution in [2.75, 3.05) is 7.05 Å². The summed E-state index contributed by atoms with van der Waals surface area (Å²) < 4.78 is 72.2. The van der Waals surface area contributed by atoms with E-state index in [1.54, 1.807) is 49.1 Å². The second kappa shape index (κ2) is 8.32. The molecule has 0 aliphatic rings. The summed E-state index contributed by atoms with van der Waals surface area (Å²) in [4.78, 5) is 20.2. The number of sulfonamides is 1. The normalized spacial score (nSPS) is 12.8. The fourth-order valence-electron chi connectivity index (χ4n) is 4.90. The van der Waals surface area contributed by atoms with Crippen molar-refractivity contribution in [3.8, 4) is 17.1 Å². The molecule has 0 amide bonds. The number of halogens is 3. The van der Waals surface area contributed by atoms with Crippen LogP contribution in [0.4, 0.5) is 13.2 Å². The average Bonchev–Trinajstić information content (AvgIpc) is 3.56. The van der Waals surface area contributed by atoms with Gasteiger partial charge in [0, 0.05) is 42.4 Å². The monoisotopic (exact) mass is 554 g/mol. The van der Waals surface area contributed by atoms with Gasteiger partial charge in [0.25, 0.3) is 0 Å². The molecule has 2 N–H and O–H groups in total. The molecule has 0 aliphatic carbocycles. The zero-order chi connectivity index (χ0) is 27.9. The lowest BCUT2D eigenvalue weighted by Crippen LogP contribution is -2.19. The highest BCUT2D eigenvalue weighted by Gasteiger charge is 2.31. The number of alkyl halides is 3. The third-order valence-electron chi connectivity index (χ3n) is 6.97. The van der Waals surface area contributed by atoms with Gasteiger partial charge in [-0.2, -0.15) is 13.2 Å². The minimum atomic E-state index is -4.50. The van der Waals surface area contributed by atoms with E-state index < -0.39 is 21.8 Å². The number of aromatic amines is 1. The molecular weight excluding hydrogens is 533 g/mol. The maximum Gasteiger partial charge on any atom is 0.416 e. The maximum absolute atomic E-state index is 13.3. The molecule has 9 nitrogen and oxygen atoms in total. The summed E-state index contributed by atoms with van der Waals surface area (Å²) in [5.74, 6) is 0.385. The first-order chi connectivity index (χ1) is 18.4. The standard InChI is InChI=1S/C26H21F3N6O3S/c1-30-39(37,38)16-6-8-19-22(12-16)35(15-5-9-21-23(11-15)34(3)25(36)33(21)2)24(32-19)18-13-31-20-10-14(26(27,28)29)4-7-17(18)20/h4-13,30-31H,1-3H3. The molecule has 0 fully saturated rings. The Kier molecular flexibility index (Phi) is 5.32. The van der Waals surface area contributed by atoms with Crippen LogP contribution in [0.3, 0.4) is 0 Å². The summed E-state index contributed by atoms with van der Waals surface area (Å²) >= 11 is 0. The molecule has 6 aromatic rings. The van der Waals surface area contributed by atoms with Gasteiger partial charge >= 0.3 is 11.9 Å². The number of nitrogens with zero attached hydrogens (tertiary/aromatic N) is 4. The number of aromatic nitrogens is 5. The molecule has 0 saturated heterocycles. The number of fused-ring (bicyclic) bond motifs is 3. The van der Waals surface area contributed by atoms with E-state index in [1.807, 2.05) is 0 Å². The van der Waals surface area contributed by atoms with E-state index in [-0.39, 0.29) is 16.1 Å². The molecule has 0 spiro atoms. The zero-order valence-electron chi connectivity index (χ0n) is 20.8. The Morgan fingerprint density at radius 3 is 2.38 bits per heavy atom. The number of hydrogen-bond acceptors (Lipinski definition) is 4. The van der Waals surface area contributed by atoms with Crippen LogP contribution >= 0.6 is 0 Å². The van der Waals surface area contributed by atoms with Crippen LogP contribution in [0, 0.1) is 0 Å². The summed E-state index contributed by atoms with van der Waals surface area (Å²) in [5.41, 5.74) is 2.66. The highest BCUT2D eigenvalue weighted by atomic mass is 32.2. The molecule has 39 heavy (non-hydrogen) atoms. The van der Waals surface area contributed by atoms with Gasteiger partial charge in [0.2, 0.25) is 10.0 Å². The number of rotatable bonds is 4. The number of nitrogens with one attached hydrogen (secondary N) is 2. The summed E-state index contributed by atoms with van der Waals surface area (Å²) in [5, 5.41) is 0.510. The van der Waals surface area contributed by atoms with Gasteiger partial charge in [-0.25, -0.2) is 22.9 Å². The van der Waals surface area contributed by atoms with E-state index >= 15 is 0 Å². The second-order valence-corrected chi connectivity index (χ2v) is 11.0. The maximum atomic E-state index is 13.3. The SMILES string of the molecule is CNS(=O)(=O)c1ccc2nc(-c3c[nH]c4cc(C(F)(F)F)ccc34)n(-c3ccc4c(c3)n(C)c(=O)n4C)c2c1. The van der Waals surface area contributed by atoms with Crippen LogP contribution in [0.1, 0.15) is 5.56 Å². The summed E-state index contributed by atoms with van der Waals surface area (Å²) in [6.45, 7) is 0. The molecule has 0 unspecified atom stereocenters. The van der Waals surface area contributed by atoms with Crippen molar-refractivity contribution >= 4 is 43.0 Å². The minimum absolute atomic E-state index is 0.0205. The Bertz CT molecular complexity index is 2120. The lowest BCUT2D eigenvalue weighted by molar-refractivity contribution is -0.137. The van der Waals surface area contributed by atoms with Crippen molar-refractivity contribution in [3.05, 3.63) is 76.8 Å². The molecule has 0 radical (unpaired) electrons. The Balaban J connectivity index is 1.68. The van der Waals surface area contributed by atoms with Crippen molar-refractivity contribution in [1.82, 2.24) is 28.4 Å². The third kappa shape index (κ3) is 3.76. The Morgan fingerprint density at radius 2 is 1.67 bits per heavy atom. The summed E-state index contributed by atoms with van der Waals surface area (Å²) in [7, 11) is 0.845. The van der Waals surface area contributed by atoms with Gasteiger partial charge in [-0.15, -0.1) is 0 Å². The molecule has 0 atom stereocenters. The smallest absolute Gasteiger partial charge is 0.360 e. The van der Waals surface area contributed by atoms with Crippen LogP contribution in [-0.4, -0.2) is 39.1 Å². The Hall–Kier alpha value is -4.36. The predicted molar refractivity (Wildman–Crippen MR) is 141 cm³/mol. The van der Waals surface area contributed by atoms with Gasteiger partial charge in [-0.1, -0.05) is 6.07 Å². The Labute approximate surface area is 219 Å². The second-order valence-electron chi connectivity index (χ2n) is 9.16. The largest absolute Gasteiger partial charge is 0.416 e. The molecular formula is C26H21F3N6O3S. The number of H-pyrrole nitrogens is 1. The van der Waals surface area contributed by atoms with E-state index in [9.17, 15) is 26.4 Å². The topological polar surface area (TPSA) is 107 Å². The molecule has 200 valence electrons. The molecule has 0 aliphatic heterocycles. The van der Waals surface area contributed by atoms with E-state index in [0.717, 1.165) is 12.1 Å². The lowest BCUT2D eigenvalue weighted by Gasteiger charge is -2.11. The molecule has 3 aromatic heterocycles. The van der Waals surface area contributed by atoms with Crippen LogP contribution in [0.25, 0.3) is 50.0 Å². The van der Waals surface area contributed by atoms with E-state index in [0.29, 0.717) is 44.5 Å². The molecule has 13 heteroatoms. The highest BCUT2D eigenvalue weighted by Crippen LogP contribution is 2.37. The first kappa shape index (κ1) is 24.9. The number of hydrogen-bond donors (Lipinski definition) is 2. The highest BCUT2D eigenvalue weighted by molar-refractivity contribution is 7.89. The number of benzene rings is 3. The first-order valence-corrected chi connectivity index (χ1v) is 13.2. The van der Waals surface area contributed by atoms with Crippen LogP contribution in [0.2, 0.25) is 0 Å². The van der Waals surface area contributed by atoms with Crippen molar-refractivity contribution in [2.45, 2.75) is 11.1 Å². The van der Waals surface area contributed by atoms with Crippen molar-refractivity contribution in [1.29, 1.82) is 0 Å². The zero-order valence-corrected chi connectivity index (χ0v) is 21.6. The van der Waals surface area contributed by atoms with Gasteiger partial charge < -0.3 is 4.98 Å². The van der Waals surface area contributed by atoms with Gasteiger partial charge in [-0.05, 0) is 55.6 Å². The molecule has 6 rings (SSSR count). The molecule has 0 bridgehead atoms. The van der Waals surface area contributed by atoms with E-state index in [4.69, 9.17) is 4.98 Å². The lowest BCUT2D eigenvalue weighted by atomic mass is 10.1. The van der Waals surface area contributed by atoms with Gasteiger partial charge in [-0.3, -0.25) is 13.7 Å². The first-order valence-electron chi connectivity index (χ1n) is 11.7. The third-order valence-corrected chi connectivity index (χ3v) is 8.38. The Morgan fingerprint density at radius 1 is 0.923 bits per heavy atom. The van der Waals surface area contributed by atoms with Crippen LogP contribution in [0.15, 0.2) is 70.5 Å². The molecule has 0 saturated carbocycles. The number of imidazole rings is 2. The van der Waals surface area contributed by atoms with Gasteiger partial charge in [0.05, 0.1) is 32.5 Å².